The number of halogens is 2. The highest BCUT2D eigenvalue weighted by Crippen LogP contribution is 2.32. The second-order valence-corrected chi connectivity index (χ2v) is 6.30. The SMILES string of the molecule is CC[C@@H]1C(=O)Nc2cnc(Cl)nc2N1Cc1cccc(Br)c1. The second kappa shape index (κ2) is 6.22. The zero-order valence-corrected chi connectivity index (χ0v) is 14.2. The first-order valence-electron chi connectivity index (χ1n) is 6.93. The molecular weight excluding hydrogens is 368 g/mol. The summed E-state index contributed by atoms with van der Waals surface area (Å²) in [5.41, 5.74) is 1.68. The Morgan fingerprint density at radius 2 is 2.27 bits per heavy atom. The second-order valence-electron chi connectivity index (χ2n) is 5.05. The van der Waals surface area contributed by atoms with Crippen molar-refractivity contribution >= 4 is 44.9 Å². The Morgan fingerprint density at radius 3 is 3.00 bits per heavy atom. The van der Waals surface area contributed by atoms with Gasteiger partial charge in [-0.1, -0.05) is 35.0 Å². The first kappa shape index (κ1) is 15.2. The summed E-state index contributed by atoms with van der Waals surface area (Å²) in [5, 5.41) is 3.01. The molecule has 0 bridgehead atoms. The predicted molar refractivity (Wildman–Crippen MR) is 90.1 cm³/mol. The van der Waals surface area contributed by atoms with Gasteiger partial charge in [0.2, 0.25) is 11.2 Å². The first-order chi connectivity index (χ1) is 10.6. The van der Waals surface area contributed by atoms with Crippen LogP contribution in [0.5, 0.6) is 0 Å². The van der Waals surface area contributed by atoms with Gasteiger partial charge in [-0.25, -0.2) is 4.98 Å². The van der Waals surface area contributed by atoms with E-state index in [1.54, 1.807) is 6.20 Å². The third kappa shape index (κ3) is 2.94. The van der Waals surface area contributed by atoms with Gasteiger partial charge >= 0.3 is 0 Å². The number of rotatable bonds is 3. The van der Waals surface area contributed by atoms with Crippen LogP contribution in [0.4, 0.5) is 11.5 Å². The number of amides is 1. The number of anilines is 2. The van der Waals surface area contributed by atoms with E-state index in [0.717, 1.165) is 10.0 Å². The summed E-state index contributed by atoms with van der Waals surface area (Å²) in [6.45, 7) is 2.55. The summed E-state index contributed by atoms with van der Waals surface area (Å²) in [6.07, 6.45) is 2.23. The van der Waals surface area contributed by atoms with Crippen LogP contribution in [0.3, 0.4) is 0 Å². The molecule has 1 atom stereocenters. The summed E-state index contributed by atoms with van der Waals surface area (Å²) >= 11 is 9.40. The molecule has 1 aliphatic rings. The third-order valence-electron chi connectivity index (χ3n) is 3.58. The van der Waals surface area contributed by atoms with Gasteiger partial charge in [-0.3, -0.25) is 4.79 Å². The molecule has 3 rings (SSSR count). The van der Waals surface area contributed by atoms with Gasteiger partial charge in [0.1, 0.15) is 11.7 Å². The molecule has 1 amide bonds. The Balaban J connectivity index is 2.02. The minimum atomic E-state index is -0.280. The average Bonchev–Trinajstić information content (AvgIpc) is 2.48. The molecule has 0 radical (unpaired) electrons. The Kier molecular flexibility index (Phi) is 4.31. The van der Waals surface area contributed by atoms with E-state index in [0.29, 0.717) is 24.5 Å². The van der Waals surface area contributed by atoms with Crippen LogP contribution in [0.2, 0.25) is 5.28 Å². The van der Waals surface area contributed by atoms with Gasteiger partial charge in [-0.15, -0.1) is 0 Å². The summed E-state index contributed by atoms with van der Waals surface area (Å²) in [5.74, 6) is 0.613. The fraction of sp³-hybridized carbons (Fsp3) is 0.267. The Labute approximate surface area is 141 Å². The molecule has 2 heterocycles. The maximum atomic E-state index is 12.3. The van der Waals surface area contributed by atoms with Gasteiger partial charge in [0.25, 0.3) is 0 Å². The molecule has 7 heteroatoms. The van der Waals surface area contributed by atoms with Crippen LogP contribution in [-0.4, -0.2) is 21.9 Å². The number of carbonyl (C=O) groups excluding carboxylic acids is 1. The zero-order valence-electron chi connectivity index (χ0n) is 11.9. The third-order valence-corrected chi connectivity index (χ3v) is 4.25. The van der Waals surface area contributed by atoms with Crippen molar-refractivity contribution in [2.75, 3.05) is 10.2 Å². The Hall–Kier alpha value is -1.66. The van der Waals surface area contributed by atoms with Gasteiger partial charge in [-0.05, 0) is 35.7 Å². The first-order valence-corrected chi connectivity index (χ1v) is 8.10. The van der Waals surface area contributed by atoms with Crippen molar-refractivity contribution in [3.05, 3.63) is 45.8 Å². The van der Waals surface area contributed by atoms with Crippen molar-refractivity contribution in [2.45, 2.75) is 25.9 Å². The summed E-state index contributed by atoms with van der Waals surface area (Å²) in [6, 6.07) is 7.71. The van der Waals surface area contributed by atoms with E-state index in [1.165, 1.54) is 0 Å². The predicted octanol–water partition coefficient (Wildman–Crippen LogP) is 3.63. The molecule has 1 aromatic carbocycles. The molecule has 0 fully saturated rings. The van der Waals surface area contributed by atoms with Crippen molar-refractivity contribution in [1.29, 1.82) is 0 Å². The fourth-order valence-corrected chi connectivity index (χ4v) is 3.16. The van der Waals surface area contributed by atoms with Crippen LogP contribution in [-0.2, 0) is 11.3 Å². The number of hydrogen-bond donors (Lipinski definition) is 1. The van der Waals surface area contributed by atoms with E-state index in [9.17, 15) is 4.79 Å². The Morgan fingerprint density at radius 1 is 1.45 bits per heavy atom. The molecule has 0 unspecified atom stereocenters. The van der Waals surface area contributed by atoms with Crippen molar-refractivity contribution in [3.63, 3.8) is 0 Å². The molecule has 22 heavy (non-hydrogen) atoms. The summed E-state index contributed by atoms with van der Waals surface area (Å²) in [4.78, 5) is 22.5. The van der Waals surface area contributed by atoms with Crippen molar-refractivity contribution in [2.24, 2.45) is 0 Å². The highest BCUT2D eigenvalue weighted by Gasteiger charge is 2.33. The van der Waals surface area contributed by atoms with Crippen LogP contribution in [0.25, 0.3) is 0 Å². The smallest absolute Gasteiger partial charge is 0.247 e. The van der Waals surface area contributed by atoms with E-state index >= 15 is 0 Å². The maximum absolute atomic E-state index is 12.3. The van der Waals surface area contributed by atoms with Crippen LogP contribution >= 0.6 is 27.5 Å². The standard InChI is InChI=1S/C15H14BrClN4O/c1-2-12-14(22)19-11-7-18-15(17)20-13(11)21(12)8-9-4-3-5-10(16)6-9/h3-7,12H,2,8H2,1H3,(H,19,22)/t12-/m1/s1. The van der Waals surface area contributed by atoms with E-state index in [-0.39, 0.29) is 17.2 Å². The molecule has 0 spiro atoms. The van der Waals surface area contributed by atoms with E-state index < -0.39 is 0 Å². The lowest BCUT2D eigenvalue weighted by Crippen LogP contribution is -2.47. The normalized spacial score (nSPS) is 17.1. The molecule has 114 valence electrons. The number of carbonyl (C=O) groups is 1. The Bertz CT molecular complexity index is 724. The average molecular weight is 382 g/mol. The van der Waals surface area contributed by atoms with Gasteiger partial charge < -0.3 is 10.2 Å². The highest BCUT2D eigenvalue weighted by molar-refractivity contribution is 9.10. The largest absolute Gasteiger partial charge is 0.338 e. The van der Waals surface area contributed by atoms with Crippen LogP contribution in [0.1, 0.15) is 18.9 Å². The van der Waals surface area contributed by atoms with Gasteiger partial charge in [-0.2, -0.15) is 4.98 Å². The number of nitrogens with one attached hydrogen (secondary N) is 1. The molecule has 2 aromatic rings. The van der Waals surface area contributed by atoms with Crippen LogP contribution < -0.4 is 10.2 Å². The molecule has 5 nitrogen and oxygen atoms in total. The van der Waals surface area contributed by atoms with Crippen molar-refractivity contribution in [1.82, 2.24) is 9.97 Å². The van der Waals surface area contributed by atoms with E-state index in [1.807, 2.05) is 36.1 Å². The van der Waals surface area contributed by atoms with Gasteiger partial charge in [0.05, 0.1) is 6.20 Å². The topological polar surface area (TPSA) is 58.1 Å². The van der Waals surface area contributed by atoms with Gasteiger partial charge in [0, 0.05) is 11.0 Å². The molecule has 1 aromatic heterocycles. The quantitative estimate of drug-likeness (QED) is 0.825. The van der Waals surface area contributed by atoms with E-state index in [2.05, 4.69) is 31.2 Å². The molecular formula is C15H14BrClN4O. The fourth-order valence-electron chi connectivity index (χ4n) is 2.59. The summed E-state index contributed by atoms with van der Waals surface area (Å²) in [7, 11) is 0. The van der Waals surface area contributed by atoms with Crippen molar-refractivity contribution in [3.8, 4) is 0 Å². The number of aromatic nitrogens is 2. The molecule has 0 saturated heterocycles. The van der Waals surface area contributed by atoms with Crippen molar-refractivity contribution < 1.29 is 4.79 Å². The minimum absolute atomic E-state index is 0.0454. The number of hydrogen-bond acceptors (Lipinski definition) is 4. The molecule has 1 aliphatic heterocycles. The zero-order chi connectivity index (χ0) is 15.7. The monoisotopic (exact) mass is 380 g/mol. The van der Waals surface area contributed by atoms with Crippen LogP contribution in [0, 0.1) is 0 Å². The van der Waals surface area contributed by atoms with Crippen LogP contribution in [0.15, 0.2) is 34.9 Å². The molecule has 1 N–H and O–H groups in total. The maximum Gasteiger partial charge on any atom is 0.247 e. The molecule has 0 saturated carbocycles. The minimum Gasteiger partial charge on any atom is -0.338 e. The lowest BCUT2D eigenvalue weighted by Gasteiger charge is -2.36. The lowest BCUT2D eigenvalue weighted by molar-refractivity contribution is -0.117. The summed E-state index contributed by atoms with van der Waals surface area (Å²) < 4.78 is 1.00. The molecule has 0 aliphatic carbocycles. The van der Waals surface area contributed by atoms with E-state index in [4.69, 9.17) is 11.6 Å². The number of benzene rings is 1. The number of fused-ring (bicyclic) bond motifs is 1. The lowest BCUT2D eigenvalue weighted by atomic mass is 10.1. The van der Waals surface area contributed by atoms with Gasteiger partial charge in [0.15, 0.2) is 5.82 Å². The highest BCUT2D eigenvalue weighted by atomic mass is 79.9. The number of nitrogens with zero attached hydrogens (tertiary/aromatic N) is 3.